The molecule has 1 atom stereocenters. The highest BCUT2D eigenvalue weighted by Gasteiger charge is 2.35. The van der Waals surface area contributed by atoms with Gasteiger partial charge in [-0.05, 0) is 51.1 Å². The van der Waals surface area contributed by atoms with Crippen LogP contribution in [0.3, 0.4) is 0 Å². The molecule has 2 rings (SSSR count). The first kappa shape index (κ1) is 15.3. The largest absolute Gasteiger partial charge is 0.377 e. The van der Waals surface area contributed by atoms with E-state index in [9.17, 15) is 0 Å². The third-order valence-corrected chi connectivity index (χ3v) is 4.74. The number of nitrogens with one attached hydrogen (secondary N) is 1. The lowest BCUT2D eigenvalue weighted by atomic mass is 9.85. The first-order chi connectivity index (χ1) is 9.24. The summed E-state index contributed by atoms with van der Waals surface area (Å²) in [6.45, 7) is 7.95. The van der Waals surface area contributed by atoms with Crippen molar-refractivity contribution in [1.29, 1.82) is 0 Å². The topological polar surface area (TPSA) is 24.5 Å². The van der Waals surface area contributed by atoms with Crippen LogP contribution < -0.4 is 5.32 Å². The molecular weight excluding hydrogens is 236 g/mol. The van der Waals surface area contributed by atoms with Crippen molar-refractivity contribution >= 4 is 0 Å². The van der Waals surface area contributed by atoms with Crippen molar-refractivity contribution in [2.24, 2.45) is 5.41 Å². The van der Waals surface area contributed by atoms with Gasteiger partial charge in [-0.25, -0.2) is 0 Å². The normalized spacial score (nSPS) is 26.4. The second-order valence-corrected chi connectivity index (χ2v) is 6.72. The van der Waals surface area contributed by atoms with Crippen molar-refractivity contribution < 1.29 is 4.74 Å². The quantitative estimate of drug-likeness (QED) is 0.685. The van der Waals surface area contributed by atoms with Crippen LogP contribution in [0.25, 0.3) is 0 Å². The van der Waals surface area contributed by atoms with Gasteiger partial charge in [-0.15, -0.1) is 0 Å². The van der Waals surface area contributed by atoms with Crippen LogP contribution in [0, 0.1) is 5.41 Å². The summed E-state index contributed by atoms with van der Waals surface area (Å²) in [5.74, 6) is 0. The van der Waals surface area contributed by atoms with Crippen molar-refractivity contribution in [3.05, 3.63) is 0 Å². The highest BCUT2D eigenvalue weighted by Crippen LogP contribution is 2.38. The van der Waals surface area contributed by atoms with Gasteiger partial charge >= 0.3 is 0 Å². The zero-order valence-electron chi connectivity index (χ0n) is 12.9. The second kappa shape index (κ2) is 7.61. The number of nitrogens with zero attached hydrogens (tertiary/aromatic N) is 1. The Morgan fingerprint density at radius 2 is 2.05 bits per heavy atom. The van der Waals surface area contributed by atoms with Crippen LogP contribution in [0.15, 0.2) is 0 Å². The average molecular weight is 268 g/mol. The van der Waals surface area contributed by atoms with Crippen molar-refractivity contribution in [3.8, 4) is 0 Å². The van der Waals surface area contributed by atoms with Gasteiger partial charge in [0.1, 0.15) is 0 Å². The van der Waals surface area contributed by atoms with Gasteiger partial charge in [-0.2, -0.15) is 0 Å². The lowest BCUT2D eigenvalue weighted by molar-refractivity contribution is 0.0650. The Hall–Kier alpha value is -0.120. The van der Waals surface area contributed by atoms with E-state index in [0.29, 0.717) is 11.5 Å². The zero-order chi connectivity index (χ0) is 13.6. The minimum atomic E-state index is 0.493. The molecule has 0 aromatic rings. The summed E-state index contributed by atoms with van der Waals surface area (Å²) in [5.41, 5.74) is 0.530. The van der Waals surface area contributed by atoms with E-state index < -0.39 is 0 Å². The molecule has 1 aliphatic heterocycles. The van der Waals surface area contributed by atoms with E-state index in [2.05, 4.69) is 24.2 Å². The van der Waals surface area contributed by atoms with Gasteiger partial charge in [-0.1, -0.05) is 19.8 Å². The Morgan fingerprint density at radius 1 is 1.26 bits per heavy atom. The number of likely N-dealkylation sites (N-methyl/N-ethyl adjacent to an activating group) is 1. The molecule has 0 spiro atoms. The summed E-state index contributed by atoms with van der Waals surface area (Å²) in [6, 6.07) is 0. The van der Waals surface area contributed by atoms with Crippen LogP contribution in [0.2, 0.25) is 0 Å². The SMILES string of the molecule is CCCNCC1(CN(C)CC2CCCO2)CCCC1. The lowest BCUT2D eigenvalue weighted by Gasteiger charge is -2.35. The first-order valence-corrected chi connectivity index (χ1v) is 8.25. The predicted octanol–water partition coefficient (Wildman–Crippen LogP) is 2.66. The smallest absolute Gasteiger partial charge is 0.0702 e. The van der Waals surface area contributed by atoms with Crippen molar-refractivity contribution in [1.82, 2.24) is 10.2 Å². The summed E-state index contributed by atoms with van der Waals surface area (Å²) >= 11 is 0. The van der Waals surface area contributed by atoms with Gasteiger partial charge in [0, 0.05) is 26.2 Å². The second-order valence-electron chi connectivity index (χ2n) is 6.72. The standard InChI is InChI=1S/C16H32N2O/c1-3-10-17-13-16(8-4-5-9-16)14-18(2)12-15-7-6-11-19-15/h15,17H,3-14H2,1-2H3. The van der Waals surface area contributed by atoms with Crippen LogP contribution in [-0.4, -0.2) is 50.8 Å². The van der Waals surface area contributed by atoms with Crippen LogP contribution in [0.1, 0.15) is 51.9 Å². The average Bonchev–Trinajstić information content (AvgIpc) is 3.02. The maximum absolute atomic E-state index is 5.76. The van der Waals surface area contributed by atoms with E-state index in [4.69, 9.17) is 4.74 Å². The molecule has 3 nitrogen and oxygen atoms in total. The van der Waals surface area contributed by atoms with Crippen molar-refractivity contribution in [2.75, 3.05) is 39.8 Å². The summed E-state index contributed by atoms with van der Waals surface area (Å²) < 4.78 is 5.76. The molecule has 1 N–H and O–H groups in total. The maximum Gasteiger partial charge on any atom is 0.0702 e. The number of ether oxygens (including phenoxy) is 1. The summed E-state index contributed by atoms with van der Waals surface area (Å²) in [4.78, 5) is 2.52. The molecule has 0 bridgehead atoms. The third-order valence-electron chi connectivity index (χ3n) is 4.74. The van der Waals surface area contributed by atoms with Crippen LogP contribution >= 0.6 is 0 Å². The Balaban J connectivity index is 1.77. The zero-order valence-corrected chi connectivity index (χ0v) is 12.9. The number of hydrogen-bond donors (Lipinski definition) is 1. The van der Waals surface area contributed by atoms with Gasteiger partial charge in [-0.3, -0.25) is 0 Å². The third kappa shape index (κ3) is 4.73. The first-order valence-electron chi connectivity index (χ1n) is 8.25. The molecule has 0 aromatic carbocycles. The molecule has 1 unspecified atom stereocenters. The molecule has 19 heavy (non-hydrogen) atoms. The molecule has 1 saturated heterocycles. The van der Waals surface area contributed by atoms with Gasteiger partial charge in [0.15, 0.2) is 0 Å². The maximum atomic E-state index is 5.76. The minimum absolute atomic E-state index is 0.493. The molecule has 1 heterocycles. The minimum Gasteiger partial charge on any atom is -0.377 e. The van der Waals surface area contributed by atoms with E-state index >= 15 is 0 Å². The van der Waals surface area contributed by atoms with E-state index in [1.54, 1.807) is 0 Å². The van der Waals surface area contributed by atoms with E-state index in [1.807, 2.05) is 0 Å². The molecule has 1 aliphatic carbocycles. The van der Waals surface area contributed by atoms with E-state index in [1.165, 1.54) is 58.0 Å². The monoisotopic (exact) mass is 268 g/mol. The highest BCUT2D eigenvalue weighted by molar-refractivity contribution is 4.89. The van der Waals surface area contributed by atoms with Gasteiger partial charge < -0.3 is 15.0 Å². The summed E-state index contributed by atoms with van der Waals surface area (Å²) in [7, 11) is 2.28. The molecule has 2 aliphatic rings. The molecule has 3 heteroatoms. The molecule has 0 aromatic heterocycles. The fourth-order valence-electron chi connectivity index (χ4n) is 3.82. The molecule has 0 radical (unpaired) electrons. The Kier molecular flexibility index (Phi) is 6.11. The number of rotatable bonds is 8. The molecule has 2 fully saturated rings. The van der Waals surface area contributed by atoms with Crippen LogP contribution in [-0.2, 0) is 4.74 Å². The lowest BCUT2D eigenvalue weighted by Crippen LogP contribution is -2.43. The van der Waals surface area contributed by atoms with Gasteiger partial charge in [0.05, 0.1) is 6.10 Å². The summed E-state index contributed by atoms with van der Waals surface area (Å²) in [6.07, 6.45) is 9.88. The Labute approximate surface area is 119 Å². The predicted molar refractivity (Wildman–Crippen MR) is 80.5 cm³/mol. The van der Waals surface area contributed by atoms with Crippen LogP contribution in [0.4, 0.5) is 0 Å². The van der Waals surface area contributed by atoms with E-state index in [-0.39, 0.29) is 0 Å². The fourth-order valence-corrected chi connectivity index (χ4v) is 3.82. The molecule has 0 amide bonds. The Bertz CT molecular complexity index is 245. The van der Waals surface area contributed by atoms with E-state index in [0.717, 1.165) is 19.7 Å². The van der Waals surface area contributed by atoms with Crippen molar-refractivity contribution in [2.45, 2.75) is 58.0 Å². The van der Waals surface area contributed by atoms with Gasteiger partial charge in [0.25, 0.3) is 0 Å². The Morgan fingerprint density at radius 3 is 2.68 bits per heavy atom. The molecular formula is C16H32N2O. The summed E-state index contributed by atoms with van der Waals surface area (Å²) in [5, 5.41) is 3.66. The van der Waals surface area contributed by atoms with Crippen molar-refractivity contribution in [3.63, 3.8) is 0 Å². The highest BCUT2D eigenvalue weighted by atomic mass is 16.5. The number of hydrogen-bond acceptors (Lipinski definition) is 3. The molecule has 112 valence electrons. The van der Waals surface area contributed by atoms with Gasteiger partial charge in [0.2, 0.25) is 0 Å². The molecule has 1 saturated carbocycles. The van der Waals surface area contributed by atoms with Crippen LogP contribution in [0.5, 0.6) is 0 Å². The fraction of sp³-hybridized carbons (Fsp3) is 1.00.